The predicted octanol–water partition coefficient (Wildman–Crippen LogP) is 2.90. The third-order valence-electron chi connectivity index (χ3n) is 3.60. The fourth-order valence-electron chi connectivity index (χ4n) is 2.19. The molecular weight excluding hydrogens is 366 g/mol. The maximum atomic E-state index is 12.1. The van der Waals surface area contributed by atoms with E-state index in [2.05, 4.69) is 23.6 Å². The molecule has 0 spiro atoms. The van der Waals surface area contributed by atoms with Crippen molar-refractivity contribution in [2.75, 3.05) is 13.7 Å². The van der Waals surface area contributed by atoms with Gasteiger partial charge in [-0.3, -0.25) is 9.59 Å². The molecule has 0 saturated carbocycles. The highest BCUT2D eigenvalue weighted by atomic mass is 35.5. The van der Waals surface area contributed by atoms with Crippen LogP contribution in [0.1, 0.15) is 0 Å². The van der Waals surface area contributed by atoms with Crippen molar-refractivity contribution in [3.8, 4) is 17.0 Å². The van der Waals surface area contributed by atoms with E-state index in [9.17, 15) is 9.59 Å². The zero-order valence-electron chi connectivity index (χ0n) is 14.9. The second-order valence-electron chi connectivity index (χ2n) is 5.61. The number of hydrogen-bond acceptors (Lipinski definition) is 4. The first-order valence-electron chi connectivity index (χ1n) is 8.09. The van der Waals surface area contributed by atoms with Crippen molar-refractivity contribution >= 4 is 17.5 Å². The van der Waals surface area contributed by atoms with Gasteiger partial charge in [0.1, 0.15) is 12.3 Å². The van der Waals surface area contributed by atoms with Gasteiger partial charge in [0.25, 0.3) is 5.56 Å². The number of allylic oxidation sites excluding steroid dienone is 2. The fourth-order valence-corrected chi connectivity index (χ4v) is 2.34. The summed E-state index contributed by atoms with van der Waals surface area (Å²) >= 11 is 5.83. The van der Waals surface area contributed by atoms with E-state index in [4.69, 9.17) is 16.3 Å². The van der Waals surface area contributed by atoms with Crippen molar-refractivity contribution in [2.24, 2.45) is 0 Å². The average molecular weight is 386 g/mol. The van der Waals surface area contributed by atoms with Crippen molar-refractivity contribution < 1.29 is 9.53 Å². The van der Waals surface area contributed by atoms with Gasteiger partial charge in [-0.25, -0.2) is 4.68 Å². The molecule has 0 fully saturated rings. The maximum absolute atomic E-state index is 12.1. The summed E-state index contributed by atoms with van der Waals surface area (Å²) in [5.74, 6) is 0.359. The second-order valence-corrected chi connectivity index (χ2v) is 6.05. The largest absolute Gasteiger partial charge is 0.497 e. The second kappa shape index (κ2) is 9.54. The average Bonchev–Trinajstić information content (AvgIpc) is 2.68. The third-order valence-corrected chi connectivity index (χ3v) is 3.86. The SMILES string of the molecule is C=C/C(Cl)=C\C(=C)CNC(=O)Cn1nc(-c2ccc(OC)cc2)ccc1=O. The molecule has 2 rings (SSSR count). The van der Waals surface area contributed by atoms with E-state index in [1.807, 2.05) is 12.1 Å². The summed E-state index contributed by atoms with van der Waals surface area (Å²) in [4.78, 5) is 24.1. The topological polar surface area (TPSA) is 73.2 Å². The van der Waals surface area contributed by atoms with Gasteiger partial charge in [0, 0.05) is 23.2 Å². The van der Waals surface area contributed by atoms with Gasteiger partial charge in [0.2, 0.25) is 5.91 Å². The number of nitrogens with zero attached hydrogens (tertiary/aromatic N) is 2. The first-order valence-corrected chi connectivity index (χ1v) is 8.47. The number of halogens is 1. The molecule has 1 N–H and O–H groups in total. The lowest BCUT2D eigenvalue weighted by atomic mass is 10.1. The zero-order valence-corrected chi connectivity index (χ0v) is 15.7. The van der Waals surface area contributed by atoms with Crippen molar-refractivity contribution in [3.05, 3.63) is 82.7 Å². The first kappa shape index (κ1) is 20.2. The van der Waals surface area contributed by atoms with Gasteiger partial charge in [-0.15, -0.1) is 0 Å². The summed E-state index contributed by atoms with van der Waals surface area (Å²) in [6, 6.07) is 10.2. The first-order chi connectivity index (χ1) is 12.9. The monoisotopic (exact) mass is 385 g/mol. The van der Waals surface area contributed by atoms with Crippen LogP contribution in [0.3, 0.4) is 0 Å². The predicted molar refractivity (Wildman–Crippen MR) is 107 cm³/mol. The van der Waals surface area contributed by atoms with Crippen molar-refractivity contribution in [1.29, 1.82) is 0 Å². The Morgan fingerprint density at radius 1 is 1.30 bits per heavy atom. The van der Waals surface area contributed by atoms with Crippen molar-refractivity contribution in [3.63, 3.8) is 0 Å². The van der Waals surface area contributed by atoms with Crippen LogP contribution >= 0.6 is 11.6 Å². The van der Waals surface area contributed by atoms with Crippen molar-refractivity contribution in [2.45, 2.75) is 6.54 Å². The molecule has 0 bridgehead atoms. The Kier molecular flexibility index (Phi) is 7.14. The minimum atomic E-state index is -0.365. The summed E-state index contributed by atoms with van der Waals surface area (Å²) < 4.78 is 6.24. The highest BCUT2D eigenvalue weighted by Gasteiger charge is 2.08. The van der Waals surface area contributed by atoms with E-state index in [1.54, 1.807) is 31.4 Å². The number of rotatable bonds is 8. The van der Waals surface area contributed by atoms with Gasteiger partial charge in [0.15, 0.2) is 0 Å². The van der Waals surface area contributed by atoms with Crippen LogP contribution in [0.5, 0.6) is 5.75 Å². The molecule has 0 radical (unpaired) electrons. The van der Waals surface area contributed by atoms with Gasteiger partial charge in [-0.2, -0.15) is 5.10 Å². The molecule has 1 aromatic heterocycles. The van der Waals surface area contributed by atoms with Crippen LogP contribution in [-0.2, 0) is 11.3 Å². The van der Waals surface area contributed by atoms with E-state index in [0.29, 0.717) is 16.3 Å². The molecule has 1 amide bonds. The Hall–Kier alpha value is -3.12. The van der Waals surface area contributed by atoms with Crippen molar-refractivity contribution in [1.82, 2.24) is 15.1 Å². The number of benzene rings is 1. The molecule has 0 unspecified atom stereocenters. The van der Waals surface area contributed by atoms with E-state index in [0.717, 1.165) is 16.0 Å². The normalized spacial score (nSPS) is 11.0. The maximum Gasteiger partial charge on any atom is 0.267 e. The van der Waals surface area contributed by atoms with Gasteiger partial charge < -0.3 is 10.1 Å². The number of amides is 1. The molecule has 0 atom stereocenters. The molecular formula is C20H20ClN3O3. The molecule has 1 aromatic carbocycles. The number of aromatic nitrogens is 2. The van der Waals surface area contributed by atoms with Crippen LogP contribution in [0, 0.1) is 0 Å². The Bertz CT molecular complexity index is 930. The van der Waals surface area contributed by atoms with Crippen LogP contribution in [0.4, 0.5) is 0 Å². The van der Waals surface area contributed by atoms with Gasteiger partial charge in [0.05, 0.1) is 12.8 Å². The smallest absolute Gasteiger partial charge is 0.267 e. The number of carbonyl (C=O) groups is 1. The molecule has 1 heterocycles. The van der Waals surface area contributed by atoms with Crippen LogP contribution in [0.25, 0.3) is 11.3 Å². The number of hydrogen-bond donors (Lipinski definition) is 1. The van der Waals surface area contributed by atoms with E-state index in [1.165, 1.54) is 12.1 Å². The Labute approximate surface area is 162 Å². The minimum Gasteiger partial charge on any atom is -0.497 e. The number of methoxy groups -OCH3 is 1. The van der Waals surface area contributed by atoms with Gasteiger partial charge >= 0.3 is 0 Å². The molecule has 0 aliphatic carbocycles. The number of ether oxygens (including phenoxy) is 1. The van der Waals surface area contributed by atoms with Crippen LogP contribution in [0.2, 0.25) is 0 Å². The molecule has 0 aliphatic rings. The minimum absolute atomic E-state index is 0.199. The van der Waals surface area contributed by atoms with Crippen LogP contribution in [0.15, 0.2) is 77.1 Å². The number of nitrogens with one attached hydrogen (secondary N) is 1. The molecule has 140 valence electrons. The molecule has 0 aliphatic heterocycles. The van der Waals surface area contributed by atoms with E-state index < -0.39 is 0 Å². The standard InChI is InChI=1S/C20H20ClN3O3/c1-4-16(21)11-14(2)12-22-19(25)13-24-20(26)10-9-18(23-24)15-5-7-17(27-3)8-6-15/h4-11H,1-2,12-13H2,3H3,(H,22,25)/b16-11+. The molecule has 6 nitrogen and oxygen atoms in total. The quantitative estimate of drug-likeness (QED) is 0.709. The van der Waals surface area contributed by atoms with E-state index >= 15 is 0 Å². The highest BCUT2D eigenvalue weighted by molar-refractivity contribution is 6.31. The van der Waals surface area contributed by atoms with Gasteiger partial charge in [-0.1, -0.05) is 30.8 Å². The highest BCUT2D eigenvalue weighted by Crippen LogP contribution is 2.19. The Morgan fingerprint density at radius 3 is 2.63 bits per heavy atom. The number of carbonyl (C=O) groups excluding carboxylic acids is 1. The van der Waals surface area contributed by atoms with E-state index in [-0.39, 0.29) is 24.6 Å². The van der Waals surface area contributed by atoms with Crippen LogP contribution in [-0.4, -0.2) is 29.3 Å². The lowest BCUT2D eigenvalue weighted by Crippen LogP contribution is -2.34. The summed E-state index contributed by atoms with van der Waals surface area (Å²) in [7, 11) is 1.59. The Morgan fingerprint density at radius 2 is 2.00 bits per heavy atom. The molecule has 0 saturated heterocycles. The molecule has 7 heteroatoms. The lowest BCUT2D eigenvalue weighted by Gasteiger charge is -2.09. The Balaban J connectivity index is 2.07. The summed E-state index contributed by atoms with van der Waals surface area (Å²) in [6.07, 6.45) is 3.08. The molecule has 2 aromatic rings. The molecule has 27 heavy (non-hydrogen) atoms. The lowest BCUT2D eigenvalue weighted by molar-refractivity contribution is -0.121. The zero-order chi connectivity index (χ0) is 19.8. The third kappa shape index (κ3) is 5.97. The van der Waals surface area contributed by atoms with Gasteiger partial charge in [-0.05, 0) is 42.0 Å². The summed E-state index contributed by atoms with van der Waals surface area (Å²) in [5, 5.41) is 7.36. The summed E-state index contributed by atoms with van der Waals surface area (Å²) in [5.41, 5.74) is 1.63. The summed E-state index contributed by atoms with van der Waals surface area (Å²) in [6.45, 7) is 7.33. The van der Waals surface area contributed by atoms with Crippen LogP contribution < -0.4 is 15.6 Å². The fraction of sp³-hybridized carbons (Fsp3) is 0.150.